The highest BCUT2D eigenvalue weighted by molar-refractivity contribution is 9.10. The first-order valence-electron chi connectivity index (χ1n) is 7.22. The Morgan fingerprint density at radius 3 is 2.57 bits per heavy atom. The van der Waals surface area contributed by atoms with Crippen molar-refractivity contribution in [1.82, 2.24) is 5.32 Å². The van der Waals surface area contributed by atoms with Gasteiger partial charge in [-0.05, 0) is 54.3 Å². The van der Waals surface area contributed by atoms with Gasteiger partial charge in [-0.15, -0.1) is 0 Å². The van der Waals surface area contributed by atoms with Crippen molar-refractivity contribution in [2.75, 3.05) is 7.05 Å². The van der Waals surface area contributed by atoms with E-state index in [-0.39, 0.29) is 11.9 Å². The lowest BCUT2D eigenvalue weighted by Crippen LogP contribution is -2.18. The maximum Gasteiger partial charge on any atom is 0.123 e. The fourth-order valence-corrected chi connectivity index (χ4v) is 3.08. The van der Waals surface area contributed by atoms with Crippen molar-refractivity contribution < 1.29 is 4.39 Å². The third-order valence-electron chi connectivity index (χ3n) is 3.49. The van der Waals surface area contributed by atoms with Gasteiger partial charge in [0.25, 0.3) is 0 Å². The molecular weight excluding hydrogens is 329 g/mol. The van der Waals surface area contributed by atoms with E-state index >= 15 is 0 Å². The normalized spacial score (nSPS) is 12.7. The lowest BCUT2D eigenvalue weighted by molar-refractivity contribution is 0.614. The number of nitrogens with one attached hydrogen (secondary N) is 1. The van der Waals surface area contributed by atoms with Crippen LogP contribution >= 0.6 is 15.9 Å². The summed E-state index contributed by atoms with van der Waals surface area (Å²) >= 11 is 3.52. The van der Waals surface area contributed by atoms with Gasteiger partial charge < -0.3 is 5.32 Å². The molecule has 0 saturated heterocycles. The van der Waals surface area contributed by atoms with E-state index < -0.39 is 0 Å². The topological polar surface area (TPSA) is 12.0 Å². The highest BCUT2D eigenvalue weighted by Crippen LogP contribution is 2.29. The minimum Gasteiger partial charge on any atom is -0.309 e. The van der Waals surface area contributed by atoms with Crippen LogP contribution in [0.15, 0.2) is 46.9 Å². The summed E-state index contributed by atoms with van der Waals surface area (Å²) in [6, 6.07) is 13.3. The number of halogens is 2. The molecule has 0 bridgehead atoms. The maximum atomic E-state index is 13.6. The molecule has 0 aliphatic heterocycles. The second-order valence-electron chi connectivity index (χ2n) is 5.73. The number of hydrogen-bond acceptors (Lipinski definition) is 1. The fourth-order valence-electron chi connectivity index (χ4n) is 2.61. The molecule has 0 aliphatic carbocycles. The van der Waals surface area contributed by atoms with Gasteiger partial charge in [-0.3, -0.25) is 0 Å². The van der Waals surface area contributed by atoms with E-state index in [0.717, 1.165) is 22.0 Å². The molecule has 1 atom stereocenters. The van der Waals surface area contributed by atoms with Crippen molar-refractivity contribution in [2.24, 2.45) is 5.92 Å². The summed E-state index contributed by atoms with van der Waals surface area (Å²) in [5.74, 6) is 0.404. The summed E-state index contributed by atoms with van der Waals surface area (Å²) in [5, 5.41) is 3.29. The molecular formula is C18H21BrFN. The van der Waals surface area contributed by atoms with Crippen LogP contribution in [0.2, 0.25) is 0 Å². The monoisotopic (exact) mass is 349 g/mol. The van der Waals surface area contributed by atoms with Crippen molar-refractivity contribution in [1.29, 1.82) is 0 Å². The van der Waals surface area contributed by atoms with E-state index in [1.165, 1.54) is 11.6 Å². The van der Waals surface area contributed by atoms with Crippen molar-refractivity contribution in [3.8, 4) is 0 Å². The molecule has 1 nitrogen and oxygen atoms in total. The number of benzene rings is 2. The van der Waals surface area contributed by atoms with Gasteiger partial charge in [0.05, 0.1) is 6.04 Å². The Balaban J connectivity index is 2.39. The van der Waals surface area contributed by atoms with Crippen molar-refractivity contribution in [3.05, 3.63) is 69.4 Å². The SMILES string of the molecule is CNC(c1cccc(CC(C)C)c1)c1cc(F)ccc1Br. The van der Waals surface area contributed by atoms with Crippen LogP contribution in [-0.4, -0.2) is 7.05 Å². The minimum atomic E-state index is -0.216. The fraction of sp³-hybridized carbons (Fsp3) is 0.333. The maximum absolute atomic E-state index is 13.6. The van der Waals surface area contributed by atoms with Crippen LogP contribution in [0.3, 0.4) is 0 Å². The van der Waals surface area contributed by atoms with Gasteiger partial charge in [-0.2, -0.15) is 0 Å². The smallest absolute Gasteiger partial charge is 0.123 e. The molecule has 0 fully saturated rings. The van der Waals surface area contributed by atoms with Crippen molar-refractivity contribution in [2.45, 2.75) is 26.3 Å². The Labute approximate surface area is 134 Å². The summed E-state index contributed by atoms with van der Waals surface area (Å²) in [5.41, 5.74) is 3.39. The first-order valence-corrected chi connectivity index (χ1v) is 8.01. The molecule has 2 aromatic carbocycles. The predicted molar refractivity (Wildman–Crippen MR) is 90.0 cm³/mol. The summed E-state index contributed by atoms with van der Waals surface area (Å²) in [6.07, 6.45) is 1.05. The molecule has 0 heterocycles. The predicted octanol–water partition coefficient (Wildman–Crippen LogP) is 5.10. The average Bonchev–Trinajstić information content (AvgIpc) is 2.43. The lowest BCUT2D eigenvalue weighted by Gasteiger charge is -2.20. The van der Waals surface area contributed by atoms with Gasteiger partial charge >= 0.3 is 0 Å². The Hall–Kier alpha value is -1.19. The third-order valence-corrected chi connectivity index (χ3v) is 4.21. The van der Waals surface area contributed by atoms with Crippen LogP contribution in [0.1, 0.15) is 36.6 Å². The summed E-state index contributed by atoms with van der Waals surface area (Å²) < 4.78 is 14.5. The Kier molecular flexibility index (Phi) is 5.54. The molecule has 0 spiro atoms. The van der Waals surface area contributed by atoms with Gasteiger partial charge in [0.1, 0.15) is 5.82 Å². The van der Waals surface area contributed by atoms with Crippen LogP contribution in [0.4, 0.5) is 4.39 Å². The van der Waals surface area contributed by atoms with Crippen LogP contribution in [0.5, 0.6) is 0 Å². The van der Waals surface area contributed by atoms with Crippen LogP contribution in [0, 0.1) is 11.7 Å². The van der Waals surface area contributed by atoms with Crippen LogP contribution in [-0.2, 0) is 6.42 Å². The molecule has 0 aromatic heterocycles. The zero-order valence-corrected chi connectivity index (χ0v) is 14.2. The standard InChI is InChI=1S/C18H21BrFN/c1-12(2)9-13-5-4-6-14(10-13)18(21-3)16-11-15(20)7-8-17(16)19/h4-8,10-12,18,21H,9H2,1-3H3. The first kappa shape index (κ1) is 16.2. The molecule has 3 heteroatoms. The molecule has 0 amide bonds. The summed E-state index contributed by atoms with van der Waals surface area (Å²) in [6.45, 7) is 4.43. The van der Waals surface area contributed by atoms with Crippen molar-refractivity contribution in [3.63, 3.8) is 0 Å². The largest absolute Gasteiger partial charge is 0.309 e. The minimum absolute atomic E-state index is 0.0258. The average molecular weight is 350 g/mol. The zero-order valence-electron chi connectivity index (χ0n) is 12.7. The van der Waals surface area contributed by atoms with Gasteiger partial charge in [-0.1, -0.05) is 54.0 Å². The second-order valence-corrected chi connectivity index (χ2v) is 6.58. The number of hydrogen-bond donors (Lipinski definition) is 1. The molecule has 0 radical (unpaired) electrons. The lowest BCUT2D eigenvalue weighted by atomic mass is 9.94. The quantitative estimate of drug-likeness (QED) is 0.792. The van der Waals surface area contributed by atoms with E-state index in [1.807, 2.05) is 7.05 Å². The molecule has 0 saturated carbocycles. The second kappa shape index (κ2) is 7.19. The molecule has 21 heavy (non-hydrogen) atoms. The molecule has 112 valence electrons. The van der Waals surface area contributed by atoms with E-state index in [4.69, 9.17) is 0 Å². The third kappa shape index (κ3) is 4.14. The van der Waals surface area contributed by atoms with E-state index in [1.54, 1.807) is 12.1 Å². The van der Waals surface area contributed by atoms with E-state index in [9.17, 15) is 4.39 Å². The molecule has 2 rings (SSSR count). The molecule has 1 unspecified atom stereocenters. The van der Waals surface area contributed by atoms with Crippen molar-refractivity contribution >= 4 is 15.9 Å². The summed E-state index contributed by atoms with van der Waals surface area (Å²) in [4.78, 5) is 0. The highest BCUT2D eigenvalue weighted by Gasteiger charge is 2.16. The Morgan fingerprint density at radius 1 is 1.14 bits per heavy atom. The Bertz CT molecular complexity index is 610. The van der Waals surface area contributed by atoms with Gasteiger partial charge in [0.2, 0.25) is 0 Å². The zero-order chi connectivity index (χ0) is 15.4. The van der Waals surface area contributed by atoms with Gasteiger partial charge in [0.15, 0.2) is 0 Å². The number of rotatable bonds is 5. The summed E-state index contributed by atoms with van der Waals surface area (Å²) in [7, 11) is 1.90. The van der Waals surface area contributed by atoms with E-state index in [0.29, 0.717) is 5.92 Å². The molecule has 1 N–H and O–H groups in total. The molecule has 2 aromatic rings. The Morgan fingerprint density at radius 2 is 1.90 bits per heavy atom. The molecule has 0 aliphatic rings. The van der Waals surface area contributed by atoms with E-state index in [2.05, 4.69) is 59.4 Å². The van der Waals surface area contributed by atoms with Gasteiger partial charge in [-0.25, -0.2) is 4.39 Å². The highest BCUT2D eigenvalue weighted by atomic mass is 79.9. The van der Waals surface area contributed by atoms with Crippen LogP contribution in [0.25, 0.3) is 0 Å². The van der Waals surface area contributed by atoms with Gasteiger partial charge in [0, 0.05) is 4.47 Å². The first-order chi connectivity index (χ1) is 10.0. The van der Waals surface area contributed by atoms with Crippen LogP contribution < -0.4 is 5.32 Å².